The number of tetrazole rings is 1. The van der Waals surface area contributed by atoms with Gasteiger partial charge in [0, 0.05) is 22.7 Å². The number of benzene rings is 1. The Morgan fingerprint density at radius 1 is 1.11 bits per heavy atom. The average molecular weight is 476 g/mol. The standard InChI is InChI=1S/C28H37N5O2/c1-7-19(2)20(3)29-23(18-27(4,5)28(6,34)35)17-14-21-12-15-22(16-13-21)24-10-8-9-11-25(24)26-30-32-33-31-26/h8,10,12-13,15-16,19-20,34-35H,7,14,17-18H2,1-6H3,(H,30,31,32,33). The van der Waals surface area contributed by atoms with Crippen LogP contribution in [-0.4, -0.2) is 48.4 Å². The van der Waals surface area contributed by atoms with Gasteiger partial charge in [0.05, 0.1) is 5.56 Å². The first-order valence-electron chi connectivity index (χ1n) is 12.3. The zero-order valence-corrected chi connectivity index (χ0v) is 21.6. The molecule has 2 atom stereocenters. The van der Waals surface area contributed by atoms with Crippen LogP contribution in [0.4, 0.5) is 0 Å². The quantitative estimate of drug-likeness (QED) is 0.265. The molecule has 0 aliphatic carbocycles. The highest BCUT2D eigenvalue weighted by Gasteiger charge is 2.38. The van der Waals surface area contributed by atoms with Gasteiger partial charge in [-0.25, -0.2) is 0 Å². The largest absolute Gasteiger partial charge is 0.365 e. The van der Waals surface area contributed by atoms with Gasteiger partial charge in [-0.3, -0.25) is 4.99 Å². The molecule has 0 aliphatic rings. The Morgan fingerprint density at radius 3 is 2.43 bits per heavy atom. The molecule has 35 heavy (non-hydrogen) atoms. The summed E-state index contributed by atoms with van der Waals surface area (Å²) in [6.07, 6.45) is 3.17. The Morgan fingerprint density at radius 2 is 1.83 bits per heavy atom. The number of H-pyrrole nitrogens is 1. The third-order valence-electron chi connectivity index (χ3n) is 7.12. The third-order valence-corrected chi connectivity index (χ3v) is 7.12. The van der Waals surface area contributed by atoms with E-state index in [4.69, 9.17) is 4.99 Å². The lowest BCUT2D eigenvalue weighted by Crippen LogP contribution is -2.43. The summed E-state index contributed by atoms with van der Waals surface area (Å²) in [5, 5.41) is 34.9. The second-order valence-corrected chi connectivity index (χ2v) is 10.2. The summed E-state index contributed by atoms with van der Waals surface area (Å²) in [7, 11) is 0. The SMILES string of the molecule is CCC(C)C(C)N=C(CCc1ccc(-c2ccc#cc2-c2nn[nH]n2)cc1)CC(C)(C)C(C)(O)O. The van der Waals surface area contributed by atoms with Crippen LogP contribution in [0, 0.1) is 23.5 Å². The van der Waals surface area contributed by atoms with Gasteiger partial charge in [-0.15, -0.1) is 10.2 Å². The molecular formula is C28H37N5O2. The highest BCUT2D eigenvalue weighted by molar-refractivity contribution is 5.85. The Hall–Kier alpha value is -3.08. The van der Waals surface area contributed by atoms with E-state index in [0.29, 0.717) is 18.2 Å². The molecule has 0 saturated carbocycles. The predicted molar refractivity (Wildman–Crippen MR) is 139 cm³/mol. The van der Waals surface area contributed by atoms with Crippen molar-refractivity contribution in [3.05, 3.63) is 54.1 Å². The summed E-state index contributed by atoms with van der Waals surface area (Å²) in [5.41, 5.74) is 4.26. The van der Waals surface area contributed by atoms with Crippen LogP contribution in [0.2, 0.25) is 0 Å². The number of aromatic nitrogens is 4. The fourth-order valence-corrected chi connectivity index (χ4v) is 3.85. The monoisotopic (exact) mass is 475 g/mol. The van der Waals surface area contributed by atoms with Crippen molar-refractivity contribution in [1.82, 2.24) is 20.6 Å². The van der Waals surface area contributed by atoms with E-state index in [9.17, 15) is 10.2 Å². The molecule has 0 bridgehead atoms. The first-order valence-corrected chi connectivity index (χ1v) is 12.3. The topological polar surface area (TPSA) is 107 Å². The molecule has 2 aromatic carbocycles. The molecule has 3 rings (SSSR count). The maximum atomic E-state index is 10.3. The zero-order chi connectivity index (χ0) is 25.6. The van der Waals surface area contributed by atoms with Crippen molar-refractivity contribution in [1.29, 1.82) is 0 Å². The van der Waals surface area contributed by atoms with Gasteiger partial charge < -0.3 is 10.2 Å². The summed E-state index contributed by atoms with van der Waals surface area (Å²) in [6.45, 7) is 11.7. The van der Waals surface area contributed by atoms with E-state index < -0.39 is 11.2 Å². The van der Waals surface area contributed by atoms with Crippen molar-refractivity contribution in [2.24, 2.45) is 16.3 Å². The number of aliphatic hydroxyl groups is 2. The van der Waals surface area contributed by atoms with Crippen molar-refractivity contribution in [3.63, 3.8) is 0 Å². The molecule has 0 radical (unpaired) electrons. The van der Waals surface area contributed by atoms with Gasteiger partial charge in [0.25, 0.3) is 0 Å². The van der Waals surface area contributed by atoms with E-state index in [1.54, 1.807) is 0 Å². The number of hydrogen-bond donors (Lipinski definition) is 3. The fourth-order valence-electron chi connectivity index (χ4n) is 3.85. The Kier molecular flexibility index (Phi) is 8.42. The van der Waals surface area contributed by atoms with Crippen LogP contribution in [-0.2, 0) is 6.42 Å². The van der Waals surface area contributed by atoms with Crippen molar-refractivity contribution in [2.75, 3.05) is 0 Å². The molecule has 2 unspecified atom stereocenters. The Bertz CT molecular complexity index is 1100. The van der Waals surface area contributed by atoms with Gasteiger partial charge in [-0.05, 0) is 67.5 Å². The zero-order valence-electron chi connectivity index (χ0n) is 21.6. The van der Waals surface area contributed by atoms with Crippen molar-refractivity contribution < 1.29 is 10.2 Å². The molecule has 1 heterocycles. The van der Waals surface area contributed by atoms with Crippen molar-refractivity contribution >= 4 is 5.71 Å². The fraction of sp³-hybridized carbons (Fsp3) is 0.500. The molecule has 0 amide bonds. The van der Waals surface area contributed by atoms with Gasteiger partial charge in [-0.2, -0.15) is 5.21 Å². The summed E-state index contributed by atoms with van der Waals surface area (Å²) >= 11 is 0. The van der Waals surface area contributed by atoms with E-state index in [0.717, 1.165) is 41.7 Å². The number of nitrogens with one attached hydrogen (secondary N) is 1. The molecule has 7 nitrogen and oxygen atoms in total. The maximum Gasteiger partial charge on any atom is 0.213 e. The molecule has 3 N–H and O–H groups in total. The maximum absolute atomic E-state index is 10.3. The summed E-state index contributed by atoms with van der Waals surface area (Å²) < 4.78 is 0. The van der Waals surface area contributed by atoms with E-state index in [1.807, 2.05) is 26.0 Å². The normalized spacial score (nSPS) is 14.5. The van der Waals surface area contributed by atoms with Gasteiger partial charge >= 0.3 is 0 Å². The van der Waals surface area contributed by atoms with E-state index in [1.165, 1.54) is 12.5 Å². The lowest BCUT2D eigenvalue weighted by molar-refractivity contribution is -0.216. The molecule has 0 saturated heterocycles. The molecule has 3 aromatic rings. The first kappa shape index (κ1) is 26.5. The predicted octanol–water partition coefficient (Wildman–Crippen LogP) is 5.06. The highest BCUT2D eigenvalue weighted by Crippen LogP contribution is 2.34. The van der Waals surface area contributed by atoms with Crippen molar-refractivity contribution in [3.8, 4) is 22.5 Å². The van der Waals surface area contributed by atoms with E-state index in [2.05, 4.69) is 77.8 Å². The van der Waals surface area contributed by atoms with Crippen LogP contribution in [0.5, 0.6) is 0 Å². The van der Waals surface area contributed by atoms with Gasteiger partial charge in [-0.1, -0.05) is 70.5 Å². The lowest BCUT2D eigenvalue weighted by Gasteiger charge is -2.36. The van der Waals surface area contributed by atoms with Crippen molar-refractivity contribution in [2.45, 2.75) is 79.1 Å². The smallest absolute Gasteiger partial charge is 0.213 e. The van der Waals surface area contributed by atoms with Crippen LogP contribution in [0.3, 0.4) is 0 Å². The van der Waals surface area contributed by atoms with Crippen LogP contribution >= 0.6 is 0 Å². The van der Waals surface area contributed by atoms with Gasteiger partial charge in [0.2, 0.25) is 5.82 Å². The molecule has 1 aromatic heterocycles. The minimum Gasteiger partial charge on any atom is -0.365 e. The van der Waals surface area contributed by atoms with Gasteiger partial charge in [0.15, 0.2) is 5.79 Å². The number of nitrogens with zero attached hydrogens (tertiary/aromatic N) is 4. The molecule has 186 valence electrons. The minimum atomic E-state index is -1.78. The molecular weight excluding hydrogens is 438 g/mol. The third kappa shape index (κ3) is 6.74. The summed E-state index contributed by atoms with van der Waals surface area (Å²) in [6, 6.07) is 18.5. The Labute approximate surface area is 208 Å². The second kappa shape index (κ2) is 11.1. The highest BCUT2D eigenvalue weighted by atomic mass is 16.5. The molecule has 7 heteroatoms. The van der Waals surface area contributed by atoms with Crippen LogP contribution in [0.15, 0.2) is 41.4 Å². The minimum absolute atomic E-state index is 0.187. The van der Waals surface area contributed by atoms with Crippen LogP contribution in [0.1, 0.15) is 66.4 Å². The van der Waals surface area contributed by atoms with Crippen LogP contribution < -0.4 is 0 Å². The van der Waals surface area contributed by atoms with E-state index in [-0.39, 0.29) is 6.04 Å². The Balaban J connectivity index is 1.78. The number of aryl methyl sites for hydroxylation is 1. The first-order chi connectivity index (χ1) is 16.5. The lowest BCUT2D eigenvalue weighted by atomic mass is 9.78. The average Bonchev–Trinajstić information content (AvgIpc) is 3.36. The number of aromatic amines is 1. The van der Waals surface area contributed by atoms with Crippen LogP contribution in [0.25, 0.3) is 22.5 Å². The molecule has 0 spiro atoms. The molecule has 0 fully saturated rings. The van der Waals surface area contributed by atoms with Gasteiger partial charge in [0.1, 0.15) is 0 Å². The number of hydrogen-bond acceptors (Lipinski definition) is 6. The summed E-state index contributed by atoms with van der Waals surface area (Å²) in [5.74, 6) is -0.829. The number of aliphatic imine (C=N–C) groups is 1. The van der Waals surface area contributed by atoms with E-state index >= 15 is 0 Å². The summed E-state index contributed by atoms with van der Waals surface area (Å²) in [4.78, 5) is 5.03. The second-order valence-electron chi connectivity index (χ2n) is 10.2. The number of rotatable bonds is 11. The molecule has 0 aliphatic heterocycles.